The van der Waals surface area contributed by atoms with Crippen LogP contribution in [0.15, 0.2) is 226 Å². The Morgan fingerprint density at radius 3 is 0.970 bits per heavy atom. The number of rotatable bonds is 16. The van der Waals surface area contributed by atoms with Crippen molar-refractivity contribution in [3.8, 4) is 44.5 Å². The molecule has 4 unspecified atom stereocenters. The van der Waals surface area contributed by atoms with Gasteiger partial charge in [-0.15, -0.1) is 0 Å². The first-order valence-corrected chi connectivity index (χ1v) is 41.0. The minimum Gasteiger partial charge on any atom is -0.374 e. The van der Waals surface area contributed by atoms with Crippen molar-refractivity contribution in [3.63, 3.8) is 0 Å². The number of imidazole rings is 4. The van der Waals surface area contributed by atoms with Crippen molar-refractivity contribution in [1.29, 1.82) is 0 Å². The number of H-pyrrole nitrogens is 8. The van der Waals surface area contributed by atoms with E-state index in [1.165, 1.54) is 92.4 Å². The van der Waals surface area contributed by atoms with Gasteiger partial charge in [0.25, 0.3) is 0 Å². The van der Waals surface area contributed by atoms with Gasteiger partial charge in [0.1, 0.15) is 81.1 Å². The number of fused-ring (bicyclic) bond motifs is 4. The van der Waals surface area contributed by atoms with Crippen LogP contribution in [0.25, 0.3) is 88.6 Å². The molecule has 20 aromatic rings. The Morgan fingerprint density at radius 2 is 0.644 bits per heavy atom. The van der Waals surface area contributed by atoms with E-state index in [1.807, 2.05) is 0 Å². The fourth-order valence-corrected chi connectivity index (χ4v) is 17.3. The molecule has 0 radical (unpaired) electrons. The van der Waals surface area contributed by atoms with Crippen LogP contribution in [0, 0.1) is 122 Å². The van der Waals surface area contributed by atoms with E-state index in [4.69, 9.17) is 18.1 Å². The number of nitrogens with one attached hydrogen (secondary N) is 8. The number of pyridine rings is 2. The van der Waals surface area contributed by atoms with Crippen molar-refractivity contribution in [2.75, 3.05) is 0 Å². The molecule has 12 N–H and O–H groups in total. The number of hydrogen-bond acceptors (Lipinski definition) is 22. The molecule has 20 rings (SSSR count). The molecule has 0 saturated heterocycles. The fraction of sp³-hybridized carbons (Fsp3) is 0.146. The van der Waals surface area contributed by atoms with Gasteiger partial charge in [-0.25, -0.2) is 58.7 Å². The van der Waals surface area contributed by atoms with Crippen LogP contribution in [-0.4, -0.2) is 111 Å². The van der Waals surface area contributed by atoms with Gasteiger partial charge >= 0.3 is 22.8 Å². The van der Waals surface area contributed by atoms with E-state index >= 15 is 30.7 Å². The zero-order valence-electron chi connectivity index (χ0n) is 72.3. The van der Waals surface area contributed by atoms with Gasteiger partial charge in [0, 0.05) is 68.7 Å². The molecule has 0 amide bonds. The molecule has 682 valence electrons. The maximum absolute atomic E-state index is 15.4. The molecule has 12 heterocycles. The number of aryl methyl sites for hydroxylation is 10. The monoisotopic (exact) mass is 1840 g/mol. The van der Waals surface area contributed by atoms with Crippen molar-refractivity contribution < 1.29 is 78.0 Å². The Kier molecular flexibility index (Phi) is 23.3. The topological polar surface area (TPSA) is 457 Å². The smallest absolute Gasteiger partial charge is 0.323 e. The predicted octanol–water partition coefficient (Wildman–Crippen LogP) is 15.9. The zero-order chi connectivity index (χ0) is 95.9. The standard InChI is InChI=1S/C25H19F3N4O3.C25H20F2N4O3.2C23H17F2N5O3/c1-11-6-17(27)22(18(28)7-11)25(34,20-5-4-15(26)10-29-20)16-8-14(21-12(2)32-35-13(21)3)9-19-23(16)31-24(33)30-19;1-12-4-6-19(27)17(8-12)25(33,21-7-5-16(26)11-28-21)18-9-15(22-13(2)31-34-14(22)3)10-20-23(18)30-24(32)29-20;1-11-19(12(2)33-30-11)13-9-14(21-17(10-13)27-22(31)28-21)23(32,18-7-4-8-26-29-18)20-15(24)5-3-6-16(20)25;1-11-19(12(2)33-30-11)13-8-14(21-17(9-13)28-22(31)29-21)23(32,18-10-26-6-7-27-18)20-15(24)4-3-5-16(20)25/h4-10,34H,1-3H3,(H2,30,31,33);4-11,33H,1-3H3,(H2,29,30,32);3-10,32H,1-2H3,(H2,27,28,31);3-10,32H,1-2H3,(H2,28,29,31). The first-order valence-electron chi connectivity index (χ1n) is 41.0. The molecule has 39 heteroatoms. The molecular weight excluding hydrogens is 1770 g/mol. The summed E-state index contributed by atoms with van der Waals surface area (Å²) >= 11 is 0. The van der Waals surface area contributed by atoms with E-state index in [-0.39, 0.29) is 78.2 Å². The highest BCUT2D eigenvalue weighted by Gasteiger charge is 2.48. The van der Waals surface area contributed by atoms with Crippen molar-refractivity contribution in [2.45, 2.75) is 91.6 Å². The summed E-state index contributed by atoms with van der Waals surface area (Å²) in [5.41, 5.74) is -4.65. The van der Waals surface area contributed by atoms with Gasteiger partial charge in [-0.1, -0.05) is 44.4 Å². The Hall–Kier alpha value is -16.7. The first kappa shape index (κ1) is 90.3. The molecule has 0 aliphatic rings. The second-order valence-corrected chi connectivity index (χ2v) is 31.9. The van der Waals surface area contributed by atoms with Crippen LogP contribution in [0.3, 0.4) is 0 Å². The van der Waals surface area contributed by atoms with E-state index in [9.17, 15) is 48.4 Å². The van der Waals surface area contributed by atoms with E-state index in [1.54, 1.807) is 98.7 Å². The number of aromatic amines is 8. The van der Waals surface area contributed by atoms with Crippen LogP contribution in [0.4, 0.5) is 39.5 Å². The summed E-state index contributed by atoms with van der Waals surface area (Å²) < 4.78 is 155. The molecule has 135 heavy (non-hydrogen) atoms. The van der Waals surface area contributed by atoms with Gasteiger partial charge < -0.3 is 78.4 Å². The van der Waals surface area contributed by atoms with Crippen LogP contribution in [0.2, 0.25) is 0 Å². The minimum atomic E-state index is -2.56. The Bertz CT molecular complexity index is 7910. The summed E-state index contributed by atoms with van der Waals surface area (Å²) in [6.07, 6.45) is 7.04. The molecule has 12 aromatic heterocycles. The SMILES string of the molecule is Cc1cc(F)c(C(O)(c2ccc(F)cn2)c2cc(-c3c(C)noc3C)cc3[nH]c(=O)[nH]c23)c(F)c1.Cc1ccc(F)c(C(O)(c2ccc(F)cn2)c2cc(-c3c(C)noc3C)cc3[nH]c(=O)[nH]c23)c1.Cc1noc(C)c1-c1cc(C(O)(c2cccnn2)c2c(F)cccc2F)c2[nH]c(=O)[nH]c2c1.Cc1noc(C)c1-c1cc(C(O)(c2cnccn2)c2c(F)cccc2F)c2[nH]c(=O)[nH]c2c1. The number of benzene rings is 8. The molecule has 30 nitrogen and oxygen atoms in total. The van der Waals surface area contributed by atoms with Gasteiger partial charge in [-0.2, -0.15) is 10.2 Å². The normalized spacial score (nSPS) is 13.4. The van der Waals surface area contributed by atoms with Crippen LogP contribution in [0.1, 0.15) is 124 Å². The Morgan fingerprint density at radius 1 is 0.296 bits per heavy atom. The lowest BCUT2D eigenvalue weighted by Crippen LogP contribution is -2.33. The Labute approximate surface area is 752 Å². The van der Waals surface area contributed by atoms with E-state index in [2.05, 4.69) is 90.6 Å². The van der Waals surface area contributed by atoms with Gasteiger partial charge in [0.15, 0.2) is 22.4 Å². The van der Waals surface area contributed by atoms with Crippen molar-refractivity contribution in [1.82, 2.24) is 90.6 Å². The van der Waals surface area contributed by atoms with E-state index in [0.29, 0.717) is 118 Å². The summed E-state index contributed by atoms with van der Waals surface area (Å²) in [4.78, 5) is 86.2. The lowest BCUT2D eigenvalue weighted by Gasteiger charge is -2.30. The number of halogens is 9. The third kappa shape index (κ3) is 16.0. The molecule has 8 aromatic carbocycles. The molecule has 4 atom stereocenters. The van der Waals surface area contributed by atoms with Crippen molar-refractivity contribution >= 4 is 44.1 Å². The van der Waals surface area contributed by atoms with E-state index < -0.39 is 114 Å². The summed E-state index contributed by atoms with van der Waals surface area (Å²) in [5.74, 6) is -6.05. The summed E-state index contributed by atoms with van der Waals surface area (Å²) in [6, 6.07) is 33.3. The third-order valence-corrected chi connectivity index (χ3v) is 23.1. The van der Waals surface area contributed by atoms with Gasteiger partial charge in [-0.3, -0.25) is 19.9 Å². The van der Waals surface area contributed by atoms with Crippen molar-refractivity contribution in [2.24, 2.45) is 0 Å². The lowest BCUT2D eigenvalue weighted by atomic mass is 9.80. The Balaban J connectivity index is 0.000000125. The zero-order valence-corrected chi connectivity index (χ0v) is 72.3. The van der Waals surface area contributed by atoms with Crippen molar-refractivity contribution in [3.05, 3.63) is 407 Å². The highest BCUT2D eigenvalue weighted by molar-refractivity contribution is 5.92. The number of hydrogen-bond donors (Lipinski definition) is 12. The maximum Gasteiger partial charge on any atom is 0.323 e. The molecular formula is C96H73F9N18O12. The van der Waals surface area contributed by atoms with Crippen LogP contribution in [-0.2, 0) is 22.4 Å². The van der Waals surface area contributed by atoms with E-state index in [0.717, 1.165) is 67.0 Å². The molecule has 0 saturated carbocycles. The maximum atomic E-state index is 15.4. The molecule has 0 spiro atoms. The molecule has 0 fully saturated rings. The van der Waals surface area contributed by atoms with Crippen LogP contribution in [0.5, 0.6) is 0 Å². The first-order chi connectivity index (χ1) is 64.4. The number of aliphatic hydroxyl groups is 4. The third-order valence-electron chi connectivity index (χ3n) is 23.1. The molecule has 0 bridgehead atoms. The number of nitrogens with zero attached hydrogens (tertiary/aromatic N) is 10. The lowest BCUT2D eigenvalue weighted by molar-refractivity contribution is 0.112. The average Bonchev–Trinajstić information content (AvgIpc) is 1.74. The summed E-state index contributed by atoms with van der Waals surface area (Å²) in [6.45, 7) is 17.1. The summed E-state index contributed by atoms with van der Waals surface area (Å²) in [7, 11) is 0. The second kappa shape index (κ2) is 34.9. The van der Waals surface area contributed by atoms with Crippen LogP contribution >= 0.6 is 0 Å². The highest BCUT2D eigenvalue weighted by Crippen LogP contribution is 2.49. The molecule has 0 aliphatic heterocycles. The van der Waals surface area contributed by atoms with Crippen LogP contribution < -0.4 is 22.8 Å². The quantitative estimate of drug-likeness (QED) is 0.0400. The fourth-order valence-electron chi connectivity index (χ4n) is 17.3. The second-order valence-electron chi connectivity index (χ2n) is 31.9. The van der Waals surface area contributed by atoms with Gasteiger partial charge in [-0.05, 0) is 231 Å². The number of aromatic nitrogens is 18. The summed E-state index contributed by atoms with van der Waals surface area (Å²) in [5, 5.41) is 72.3. The van der Waals surface area contributed by atoms with Gasteiger partial charge in [0.2, 0.25) is 0 Å². The average molecular weight is 1840 g/mol. The molecule has 0 aliphatic carbocycles. The minimum absolute atomic E-state index is 0.00199. The predicted molar refractivity (Wildman–Crippen MR) is 471 cm³/mol. The largest absolute Gasteiger partial charge is 0.374 e. The van der Waals surface area contributed by atoms with Gasteiger partial charge in [0.05, 0.1) is 119 Å². The highest BCUT2D eigenvalue weighted by atomic mass is 19.2.